The van der Waals surface area contributed by atoms with E-state index in [0.717, 1.165) is 29.7 Å². The zero-order valence-electron chi connectivity index (χ0n) is 17.4. The van der Waals surface area contributed by atoms with Crippen LogP contribution in [0.4, 0.5) is 0 Å². The van der Waals surface area contributed by atoms with E-state index >= 15 is 0 Å². The minimum atomic E-state index is -0.472. The number of hydrogen-bond acceptors (Lipinski definition) is 6. The molecule has 1 aliphatic rings. The summed E-state index contributed by atoms with van der Waals surface area (Å²) >= 11 is 6.64. The highest BCUT2D eigenvalue weighted by Gasteiger charge is 2.31. The molecule has 0 saturated carbocycles. The van der Waals surface area contributed by atoms with Crippen LogP contribution in [-0.2, 0) is 9.59 Å². The number of amides is 1. The van der Waals surface area contributed by atoms with Crippen LogP contribution in [0.15, 0.2) is 59.5 Å². The quantitative estimate of drug-likeness (QED) is 0.234. The third-order valence-electron chi connectivity index (χ3n) is 4.53. The van der Waals surface area contributed by atoms with E-state index < -0.39 is 5.97 Å². The van der Waals surface area contributed by atoms with E-state index in [4.69, 9.17) is 21.7 Å². The lowest BCUT2D eigenvalue weighted by Crippen LogP contribution is -2.28. The number of thiocarbonyl (C=S) groups is 1. The van der Waals surface area contributed by atoms with E-state index in [-0.39, 0.29) is 5.91 Å². The summed E-state index contributed by atoms with van der Waals surface area (Å²) in [4.78, 5) is 26.8. The van der Waals surface area contributed by atoms with Crippen molar-refractivity contribution in [2.24, 2.45) is 0 Å². The molecular weight excluding hydrogens is 430 g/mol. The Morgan fingerprint density at radius 1 is 1.06 bits per heavy atom. The standard InChI is InChI=1S/C24H23NO4S2/c1-3-4-15-25-23(27)21(31-24(25)30)16-18-7-12-20(13-8-18)29-22(26)14-9-17-5-10-19(28-2)11-6-17/h5-14,16H,3-4,15H2,1-2H3/b14-9+,21-16-. The van der Waals surface area contributed by atoms with Crippen molar-refractivity contribution >= 4 is 52.3 Å². The molecule has 3 rings (SSSR count). The van der Waals surface area contributed by atoms with Crippen LogP contribution in [0.3, 0.4) is 0 Å². The first kappa shape index (κ1) is 22.8. The van der Waals surface area contributed by atoms with Crippen LogP contribution in [0.5, 0.6) is 11.5 Å². The Morgan fingerprint density at radius 2 is 1.71 bits per heavy atom. The van der Waals surface area contributed by atoms with Gasteiger partial charge in [0.15, 0.2) is 0 Å². The topological polar surface area (TPSA) is 55.8 Å². The van der Waals surface area contributed by atoms with Gasteiger partial charge in [-0.1, -0.05) is 61.6 Å². The molecule has 1 fully saturated rings. The van der Waals surface area contributed by atoms with Crippen LogP contribution < -0.4 is 9.47 Å². The van der Waals surface area contributed by atoms with Gasteiger partial charge in [0, 0.05) is 12.6 Å². The van der Waals surface area contributed by atoms with Crippen molar-refractivity contribution in [3.63, 3.8) is 0 Å². The number of nitrogens with zero attached hydrogens (tertiary/aromatic N) is 1. The first-order chi connectivity index (χ1) is 15.0. The molecule has 5 nitrogen and oxygen atoms in total. The predicted molar refractivity (Wildman–Crippen MR) is 129 cm³/mol. The predicted octanol–water partition coefficient (Wildman–Crippen LogP) is 5.32. The minimum Gasteiger partial charge on any atom is -0.497 e. The van der Waals surface area contributed by atoms with Gasteiger partial charge in [-0.2, -0.15) is 0 Å². The van der Waals surface area contributed by atoms with Crippen LogP contribution in [0.1, 0.15) is 30.9 Å². The fourth-order valence-electron chi connectivity index (χ4n) is 2.82. The maximum Gasteiger partial charge on any atom is 0.336 e. The third-order valence-corrected chi connectivity index (χ3v) is 5.91. The van der Waals surface area contributed by atoms with E-state index in [0.29, 0.717) is 21.5 Å². The van der Waals surface area contributed by atoms with Crippen LogP contribution >= 0.6 is 24.0 Å². The van der Waals surface area contributed by atoms with Crippen LogP contribution in [0, 0.1) is 0 Å². The molecule has 7 heteroatoms. The average molecular weight is 454 g/mol. The molecule has 0 aromatic heterocycles. The highest BCUT2D eigenvalue weighted by molar-refractivity contribution is 8.26. The summed E-state index contributed by atoms with van der Waals surface area (Å²) in [5.41, 5.74) is 1.70. The van der Waals surface area contributed by atoms with Gasteiger partial charge in [0.25, 0.3) is 5.91 Å². The minimum absolute atomic E-state index is 0.0531. The number of esters is 1. The molecule has 0 aliphatic carbocycles. The van der Waals surface area contributed by atoms with Crippen molar-refractivity contribution in [2.45, 2.75) is 19.8 Å². The number of methoxy groups -OCH3 is 1. The SMILES string of the molecule is CCCCN1C(=O)/C(=C/c2ccc(OC(=O)/C=C/c3ccc(OC)cc3)cc2)SC1=S. The smallest absolute Gasteiger partial charge is 0.336 e. The van der Waals surface area contributed by atoms with Gasteiger partial charge in [0.1, 0.15) is 15.8 Å². The molecule has 1 saturated heterocycles. The van der Waals surface area contributed by atoms with Gasteiger partial charge in [-0.3, -0.25) is 9.69 Å². The van der Waals surface area contributed by atoms with Gasteiger partial charge in [-0.25, -0.2) is 4.79 Å². The molecule has 0 atom stereocenters. The Balaban J connectivity index is 1.59. The van der Waals surface area contributed by atoms with Crippen LogP contribution in [0.25, 0.3) is 12.2 Å². The van der Waals surface area contributed by atoms with Gasteiger partial charge in [-0.05, 0) is 54.0 Å². The summed E-state index contributed by atoms with van der Waals surface area (Å²) in [7, 11) is 1.60. The Labute approximate surface area is 191 Å². The van der Waals surface area contributed by atoms with Crippen LogP contribution in [0.2, 0.25) is 0 Å². The number of ether oxygens (including phenoxy) is 2. The number of thioether (sulfide) groups is 1. The molecule has 0 radical (unpaired) electrons. The largest absolute Gasteiger partial charge is 0.497 e. The highest BCUT2D eigenvalue weighted by Crippen LogP contribution is 2.33. The highest BCUT2D eigenvalue weighted by atomic mass is 32.2. The number of rotatable bonds is 8. The molecule has 1 aliphatic heterocycles. The van der Waals surface area contributed by atoms with Gasteiger partial charge in [-0.15, -0.1) is 0 Å². The second-order valence-electron chi connectivity index (χ2n) is 6.78. The second kappa shape index (κ2) is 10.9. The fraction of sp³-hybridized carbons (Fsp3) is 0.208. The number of unbranched alkanes of at least 4 members (excludes halogenated alkanes) is 1. The summed E-state index contributed by atoms with van der Waals surface area (Å²) in [5, 5.41) is 0. The summed E-state index contributed by atoms with van der Waals surface area (Å²) in [6.07, 6.45) is 6.78. The lowest BCUT2D eigenvalue weighted by atomic mass is 10.2. The Hall–Kier alpha value is -2.90. The van der Waals surface area contributed by atoms with Crippen molar-refractivity contribution in [2.75, 3.05) is 13.7 Å². The van der Waals surface area contributed by atoms with Gasteiger partial charge < -0.3 is 9.47 Å². The fourth-order valence-corrected chi connectivity index (χ4v) is 4.13. The first-order valence-electron chi connectivity index (χ1n) is 9.89. The normalized spacial score (nSPS) is 15.2. The molecule has 31 heavy (non-hydrogen) atoms. The zero-order valence-corrected chi connectivity index (χ0v) is 19.0. The van der Waals surface area contributed by atoms with Crippen molar-refractivity contribution in [1.82, 2.24) is 4.90 Å². The van der Waals surface area contributed by atoms with E-state index in [1.165, 1.54) is 17.8 Å². The maximum atomic E-state index is 12.5. The summed E-state index contributed by atoms with van der Waals surface area (Å²) < 4.78 is 11.0. The van der Waals surface area contributed by atoms with E-state index in [1.807, 2.05) is 24.3 Å². The van der Waals surface area contributed by atoms with Gasteiger partial charge in [0.05, 0.1) is 12.0 Å². The molecule has 0 spiro atoms. The van der Waals surface area contributed by atoms with E-state index in [1.54, 1.807) is 48.4 Å². The maximum absolute atomic E-state index is 12.5. The molecular formula is C24H23NO4S2. The van der Waals surface area contributed by atoms with Gasteiger partial charge in [0.2, 0.25) is 0 Å². The monoisotopic (exact) mass is 453 g/mol. The van der Waals surface area contributed by atoms with Gasteiger partial charge >= 0.3 is 5.97 Å². The van der Waals surface area contributed by atoms with Crippen molar-refractivity contribution in [3.8, 4) is 11.5 Å². The zero-order chi connectivity index (χ0) is 22.2. The molecule has 0 N–H and O–H groups in total. The Bertz CT molecular complexity index is 1010. The molecule has 1 amide bonds. The van der Waals surface area contributed by atoms with Crippen molar-refractivity contribution < 1.29 is 19.1 Å². The molecule has 2 aromatic rings. The van der Waals surface area contributed by atoms with E-state index in [9.17, 15) is 9.59 Å². The Kier molecular flexibility index (Phi) is 8.03. The second-order valence-corrected chi connectivity index (χ2v) is 8.46. The Morgan fingerprint density at radius 3 is 2.35 bits per heavy atom. The summed E-state index contributed by atoms with van der Waals surface area (Å²) in [5.74, 6) is 0.656. The molecule has 1 heterocycles. The van der Waals surface area contributed by atoms with E-state index in [2.05, 4.69) is 6.92 Å². The lowest BCUT2D eigenvalue weighted by Gasteiger charge is -2.12. The molecule has 0 bridgehead atoms. The molecule has 0 unspecified atom stereocenters. The number of carbonyl (C=O) groups excluding carboxylic acids is 2. The van der Waals surface area contributed by atoms with Crippen molar-refractivity contribution in [1.29, 1.82) is 0 Å². The molecule has 2 aromatic carbocycles. The third kappa shape index (κ3) is 6.29. The molecule has 160 valence electrons. The number of carbonyl (C=O) groups is 2. The lowest BCUT2D eigenvalue weighted by molar-refractivity contribution is -0.129. The summed E-state index contributed by atoms with van der Waals surface area (Å²) in [6.45, 7) is 2.73. The first-order valence-corrected chi connectivity index (χ1v) is 11.1. The number of benzene rings is 2. The van der Waals surface area contributed by atoms with Crippen LogP contribution in [-0.4, -0.2) is 34.8 Å². The number of hydrogen-bond donors (Lipinski definition) is 0. The average Bonchev–Trinajstić information content (AvgIpc) is 3.04. The summed E-state index contributed by atoms with van der Waals surface area (Å²) in [6, 6.07) is 14.3. The van der Waals surface area contributed by atoms with Crippen molar-refractivity contribution in [3.05, 3.63) is 70.6 Å².